The number of ether oxygens (including phenoxy) is 1. The summed E-state index contributed by atoms with van der Waals surface area (Å²) in [6.45, 7) is 0. The molecule has 29 heavy (non-hydrogen) atoms. The summed E-state index contributed by atoms with van der Waals surface area (Å²) in [5.74, 6) is 0.427. The van der Waals surface area contributed by atoms with E-state index in [-0.39, 0.29) is 6.42 Å². The van der Waals surface area contributed by atoms with Gasteiger partial charge in [-0.1, -0.05) is 35.9 Å². The van der Waals surface area contributed by atoms with Crippen molar-refractivity contribution in [3.63, 3.8) is 0 Å². The van der Waals surface area contributed by atoms with Crippen molar-refractivity contribution in [1.29, 1.82) is 0 Å². The van der Waals surface area contributed by atoms with Crippen LogP contribution in [-0.4, -0.2) is 16.1 Å². The Kier molecular flexibility index (Phi) is 5.60. The maximum Gasteiger partial charge on any atom is 0.307 e. The molecule has 0 saturated heterocycles. The Morgan fingerprint density at radius 1 is 1.03 bits per heavy atom. The molecule has 1 N–H and O–H groups in total. The van der Waals surface area contributed by atoms with E-state index in [9.17, 15) is 9.90 Å². The van der Waals surface area contributed by atoms with Crippen LogP contribution in [0.25, 0.3) is 21.9 Å². The molecule has 0 aliphatic heterocycles. The number of rotatable bonds is 6. The van der Waals surface area contributed by atoms with E-state index in [4.69, 9.17) is 16.3 Å². The number of aliphatic carboxylic acids is 1. The summed E-state index contributed by atoms with van der Waals surface area (Å²) in [5, 5.41) is 10.7. The van der Waals surface area contributed by atoms with Crippen molar-refractivity contribution in [3.05, 3.63) is 88.4 Å². The molecule has 1 heterocycles. The number of fused-ring (bicyclic) bond motifs is 1. The monoisotopic (exact) mass is 421 g/mol. The first-order valence-corrected chi connectivity index (χ1v) is 10.1. The minimum absolute atomic E-state index is 0.109. The highest BCUT2D eigenvalue weighted by Crippen LogP contribution is 2.31. The Hall–Kier alpha value is -3.15. The number of halogens is 1. The van der Waals surface area contributed by atoms with Gasteiger partial charge in [-0.2, -0.15) is 0 Å². The summed E-state index contributed by atoms with van der Waals surface area (Å²) in [5.41, 5.74) is 2.36. The van der Waals surface area contributed by atoms with Gasteiger partial charge in [-0.15, -0.1) is 11.3 Å². The van der Waals surface area contributed by atoms with Gasteiger partial charge < -0.3 is 9.84 Å². The van der Waals surface area contributed by atoms with Gasteiger partial charge in [-0.25, -0.2) is 4.98 Å². The van der Waals surface area contributed by atoms with Gasteiger partial charge in [0.05, 0.1) is 16.6 Å². The Bertz CT molecular complexity index is 1170. The molecular weight excluding hydrogens is 406 g/mol. The lowest BCUT2D eigenvalue weighted by atomic mass is 10.1. The van der Waals surface area contributed by atoms with Crippen molar-refractivity contribution in [3.8, 4) is 11.5 Å². The first-order valence-electron chi connectivity index (χ1n) is 8.88. The molecule has 0 fully saturated rings. The number of carbonyl (C=O) groups is 1. The summed E-state index contributed by atoms with van der Waals surface area (Å²) in [6, 6.07) is 22.4. The number of hydrogen-bond acceptors (Lipinski definition) is 4. The molecule has 0 bridgehead atoms. The topological polar surface area (TPSA) is 59.4 Å². The van der Waals surface area contributed by atoms with Gasteiger partial charge in [0.2, 0.25) is 0 Å². The number of para-hydroxylation sites is 1. The van der Waals surface area contributed by atoms with Crippen molar-refractivity contribution >= 4 is 50.8 Å². The van der Waals surface area contributed by atoms with Crippen molar-refractivity contribution in [2.75, 3.05) is 0 Å². The van der Waals surface area contributed by atoms with Crippen molar-refractivity contribution < 1.29 is 14.6 Å². The first-order chi connectivity index (χ1) is 14.1. The molecule has 0 saturated carbocycles. The van der Waals surface area contributed by atoms with E-state index in [1.54, 1.807) is 24.3 Å². The summed E-state index contributed by atoms with van der Waals surface area (Å²) < 4.78 is 6.90. The predicted octanol–water partition coefficient (Wildman–Crippen LogP) is 6.76. The second-order valence-corrected chi connectivity index (χ2v) is 7.82. The summed E-state index contributed by atoms with van der Waals surface area (Å²) in [7, 11) is 0. The van der Waals surface area contributed by atoms with Gasteiger partial charge in [0, 0.05) is 5.02 Å². The molecule has 6 heteroatoms. The van der Waals surface area contributed by atoms with Crippen LogP contribution in [0.3, 0.4) is 0 Å². The Morgan fingerprint density at radius 3 is 2.59 bits per heavy atom. The van der Waals surface area contributed by atoms with Crippen LogP contribution in [-0.2, 0) is 4.79 Å². The third kappa shape index (κ3) is 4.83. The standard InChI is InChI=1S/C23H16ClNO3S/c24-17-8-10-18(11-9-17)28-19-5-3-4-15(13-19)12-16(14-22(26)27)23-25-20-6-1-2-7-21(20)29-23/h1-13H,14H2,(H,26,27)/b16-12-. The molecule has 0 aliphatic carbocycles. The molecule has 1 aromatic heterocycles. The van der Waals surface area contributed by atoms with Crippen molar-refractivity contribution in [2.45, 2.75) is 6.42 Å². The molecule has 3 aromatic carbocycles. The molecular formula is C23H16ClNO3S. The fraction of sp³-hybridized carbons (Fsp3) is 0.0435. The Labute approximate surface area is 176 Å². The van der Waals surface area contributed by atoms with E-state index in [0.717, 1.165) is 15.8 Å². The van der Waals surface area contributed by atoms with Gasteiger partial charge in [0.1, 0.15) is 16.5 Å². The average Bonchev–Trinajstić information content (AvgIpc) is 3.14. The molecule has 4 aromatic rings. The number of aromatic nitrogens is 1. The second-order valence-electron chi connectivity index (χ2n) is 6.36. The van der Waals surface area contributed by atoms with E-state index < -0.39 is 5.97 Å². The van der Waals surface area contributed by atoms with Crippen LogP contribution < -0.4 is 4.74 Å². The quantitative estimate of drug-likeness (QED) is 0.373. The molecule has 0 radical (unpaired) electrons. The fourth-order valence-electron chi connectivity index (χ4n) is 2.87. The van der Waals surface area contributed by atoms with Crippen LogP contribution in [0.1, 0.15) is 17.0 Å². The SMILES string of the molecule is O=C(O)C/C(=C/c1cccc(Oc2ccc(Cl)cc2)c1)c1nc2ccccc2s1. The molecule has 0 unspecified atom stereocenters. The highest BCUT2D eigenvalue weighted by Gasteiger charge is 2.13. The molecule has 0 atom stereocenters. The first kappa shape index (κ1) is 19.2. The van der Waals surface area contributed by atoms with Crippen LogP contribution in [0.4, 0.5) is 0 Å². The van der Waals surface area contributed by atoms with Gasteiger partial charge in [-0.3, -0.25) is 4.79 Å². The zero-order valence-corrected chi connectivity index (χ0v) is 16.8. The number of carboxylic acid groups (broad SMARTS) is 1. The lowest BCUT2D eigenvalue weighted by Gasteiger charge is -2.07. The average molecular weight is 422 g/mol. The van der Waals surface area contributed by atoms with E-state index >= 15 is 0 Å². The maximum atomic E-state index is 11.4. The van der Waals surface area contributed by atoms with Crippen molar-refractivity contribution in [2.24, 2.45) is 0 Å². The minimum Gasteiger partial charge on any atom is -0.481 e. The summed E-state index contributed by atoms with van der Waals surface area (Å²) in [4.78, 5) is 16.0. The van der Waals surface area contributed by atoms with E-state index in [0.29, 0.717) is 27.1 Å². The van der Waals surface area contributed by atoms with Crippen LogP contribution >= 0.6 is 22.9 Å². The van der Waals surface area contributed by atoms with Gasteiger partial charge in [-0.05, 0) is 65.7 Å². The Morgan fingerprint density at radius 2 is 1.83 bits per heavy atom. The Balaban J connectivity index is 1.66. The van der Waals surface area contributed by atoms with E-state index in [1.807, 2.05) is 54.6 Å². The lowest BCUT2D eigenvalue weighted by molar-refractivity contribution is -0.135. The third-order valence-corrected chi connectivity index (χ3v) is 5.52. The maximum absolute atomic E-state index is 11.4. The normalized spacial score (nSPS) is 11.6. The number of hydrogen-bond donors (Lipinski definition) is 1. The zero-order valence-electron chi connectivity index (χ0n) is 15.2. The number of thiazole rings is 1. The fourth-order valence-corrected chi connectivity index (χ4v) is 3.97. The van der Waals surface area contributed by atoms with E-state index in [1.165, 1.54) is 11.3 Å². The molecule has 4 rings (SSSR count). The summed E-state index contributed by atoms with van der Waals surface area (Å²) in [6.07, 6.45) is 1.74. The highest BCUT2D eigenvalue weighted by atomic mass is 35.5. The molecule has 144 valence electrons. The number of carboxylic acids is 1. The molecule has 0 amide bonds. The molecule has 0 spiro atoms. The molecule has 0 aliphatic rings. The number of benzene rings is 3. The second kappa shape index (κ2) is 8.47. The third-order valence-electron chi connectivity index (χ3n) is 4.16. The van der Waals surface area contributed by atoms with Crippen molar-refractivity contribution in [1.82, 2.24) is 4.98 Å². The van der Waals surface area contributed by atoms with Crippen LogP contribution in [0, 0.1) is 0 Å². The predicted molar refractivity (Wildman–Crippen MR) is 118 cm³/mol. The smallest absolute Gasteiger partial charge is 0.307 e. The van der Waals surface area contributed by atoms with Crippen LogP contribution in [0.2, 0.25) is 5.02 Å². The lowest BCUT2D eigenvalue weighted by Crippen LogP contribution is -1.97. The van der Waals surface area contributed by atoms with Gasteiger partial charge in [0.25, 0.3) is 0 Å². The van der Waals surface area contributed by atoms with Gasteiger partial charge >= 0.3 is 5.97 Å². The van der Waals surface area contributed by atoms with Gasteiger partial charge in [0.15, 0.2) is 0 Å². The zero-order chi connectivity index (χ0) is 20.2. The van der Waals surface area contributed by atoms with Crippen LogP contribution in [0.5, 0.6) is 11.5 Å². The van der Waals surface area contributed by atoms with Crippen LogP contribution in [0.15, 0.2) is 72.8 Å². The highest BCUT2D eigenvalue weighted by molar-refractivity contribution is 7.19. The number of nitrogens with zero attached hydrogens (tertiary/aromatic N) is 1. The summed E-state index contributed by atoms with van der Waals surface area (Å²) >= 11 is 7.40. The largest absolute Gasteiger partial charge is 0.481 e. The minimum atomic E-state index is -0.899. The molecule has 4 nitrogen and oxygen atoms in total. The van der Waals surface area contributed by atoms with E-state index in [2.05, 4.69) is 4.98 Å².